The van der Waals surface area contributed by atoms with Gasteiger partial charge in [-0.1, -0.05) is 41.6 Å². The molecule has 0 radical (unpaired) electrons. The molecule has 1 amide bonds. The number of hydrogen-bond donors (Lipinski definition) is 0. The zero-order valence-electron chi connectivity index (χ0n) is 18.2. The summed E-state index contributed by atoms with van der Waals surface area (Å²) in [6.07, 6.45) is 0.473. The minimum atomic E-state index is -0.558. The molecule has 9 nitrogen and oxygen atoms in total. The number of aromatic nitrogens is 6. The fourth-order valence-electron chi connectivity index (χ4n) is 4.02. The highest BCUT2D eigenvalue weighted by Gasteiger charge is 2.36. The van der Waals surface area contributed by atoms with Gasteiger partial charge in [-0.25, -0.2) is 9.07 Å². The highest BCUT2D eigenvalue weighted by molar-refractivity contribution is 8.00. The number of halogens is 2. The molecular weight excluding hydrogens is 481 g/mol. The Hall–Kier alpha value is -3.44. The van der Waals surface area contributed by atoms with Crippen LogP contribution in [-0.4, -0.2) is 47.3 Å². The molecule has 4 aromatic rings. The second-order valence-electron chi connectivity index (χ2n) is 7.76. The lowest BCUT2D eigenvalue weighted by Crippen LogP contribution is -2.29. The number of benzene rings is 2. The molecule has 1 aliphatic heterocycles. The van der Waals surface area contributed by atoms with Gasteiger partial charge in [0.2, 0.25) is 11.1 Å². The van der Waals surface area contributed by atoms with Gasteiger partial charge in [-0.05, 0) is 54.1 Å². The van der Waals surface area contributed by atoms with E-state index >= 15 is 0 Å². The molecule has 1 aliphatic rings. The summed E-state index contributed by atoms with van der Waals surface area (Å²) in [4.78, 5) is 27.8. The van der Waals surface area contributed by atoms with Crippen molar-refractivity contribution in [3.63, 3.8) is 0 Å². The van der Waals surface area contributed by atoms with Crippen molar-refractivity contribution >= 4 is 35.0 Å². The van der Waals surface area contributed by atoms with Gasteiger partial charge in [0, 0.05) is 18.6 Å². The number of amides is 1. The van der Waals surface area contributed by atoms with Crippen LogP contribution in [0.25, 0.3) is 11.4 Å². The first-order valence-electron chi connectivity index (χ1n) is 10.4. The van der Waals surface area contributed by atoms with Gasteiger partial charge in [0.25, 0.3) is 5.56 Å². The summed E-state index contributed by atoms with van der Waals surface area (Å²) in [5.74, 6) is -0.815. The minimum absolute atomic E-state index is 0.182. The number of hydrogen-bond acceptors (Lipinski definition) is 6. The summed E-state index contributed by atoms with van der Waals surface area (Å²) < 4.78 is 19.0. The molecule has 34 heavy (non-hydrogen) atoms. The smallest absolute Gasteiger partial charge is 0.297 e. The van der Waals surface area contributed by atoms with Crippen molar-refractivity contribution in [1.82, 2.24) is 29.6 Å². The van der Waals surface area contributed by atoms with Crippen LogP contribution in [0.3, 0.4) is 0 Å². The van der Waals surface area contributed by atoms with Gasteiger partial charge in [-0.2, -0.15) is 4.68 Å². The molecule has 12 heteroatoms. The number of nitrogens with zero attached hydrogens (tertiary/aromatic N) is 7. The number of tetrazole rings is 1. The fraction of sp³-hybridized carbons (Fsp3) is 0.227. The van der Waals surface area contributed by atoms with Crippen molar-refractivity contribution < 1.29 is 9.18 Å². The van der Waals surface area contributed by atoms with Crippen molar-refractivity contribution in [1.29, 1.82) is 0 Å². The standard InChI is InChI=1S/C22H19ClFN7O2S/c1-13-19(21(33)31(28(13)2)15-6-4-3-5-7-15)30-22(25-26-27-30)34-18-10-11-29(20(18)32)17-9-8-14(23)12-16(17)24/h3-9,12,18H,10-11H2,1-2H3. The largest absolute Gasteiger partial charge is 0.309 e. The van der Waals surface area contributed by atoms with Gasteiger partial charge in [-0.15, -0.1) is 5.10 Å². The summed E-state index contributed by atoms with van der Waals surface area (Å²) in [7, 11) is 1.78. The van der Waals surface area contributed by atoms with Crippen molar-refractivity contribution in [3.05, 3.63) is 75.4 Å². The Balaban J connectivity index is 1.45. The van der Waals surface area contributed by atoms with E-state index in [9.17, 15) is 14.0 Å². The predicted octanol–water partition coefficient (Wildman–Crippen LogP) is 3.15. The second kappa shape index (κ2) is 8.73. The zero-order chi connectivity index (χ0) is 24.0. The average molecular weight is 500 g/mol. The van der Waals surface area contributed by atoms with E-state index in [0.717, 1.165) is 11.8 Å². The Labute approximate surface area is 202 Å². The molecule has 174 valence electrons. The van der Waals surface area contributed by atoms with Crippen LogP contribution in [0, 0.1) is 12.7 Å². The molecule has 2 aromatic heterocycles. The monoisotopic (exact) mass is 499 g/mol. The molecule has 0 aliphatic carbocycles. The van der Waals surface area contributed by atoms with E-state index < -0.39 is 11.1 Å². The lowest BCUT2D eigenvalue weighted by Gasteiger charge is -2.17. The zero-order valence-corrected chi connectivity index (χ0v) is 19.8. The summed E-state index contributed by atoms with van der Waals surface area (Å²) in [6, 6.07) is 13.5. The van der Waals surface area contributed by atoms with E-state index in [-0.39, 0.29) is 22.2 Å². The lowest BCUT2D eigenvalue weighted by atomic mass is 10.3. The molecule has 1 atom stereocenters. The van der Waals surface area contributed by atoms with Crippen LogP contribution < -0.4 is 10.5 Å². The van der Waals surface area contributed by atoms with Gasteiger partial charge >= 0.3 is 0 Å². The second-order valence-corrected chi connectivity index (χ2v) is 9.37. The normalized spacial score (nSPS) is 15.9. The molecule has 0 saturated carbocycles. The first kappa shape index (κ1) is 22.4. The molecular formula is C22H19ClFN7O2S. The van der Waals surface area contributed by atoms with Gasteiger partial charge in [-0.3, -0.25) is 14.3 Å². The highest BCUT2D eigenvalue weighted by Crippen LogP contribution is 2.34. The van der Waals surface area contributed by atoms with Crippen LogP contribution in [0.15, 0.2) is 58.5 Å². The molecule has 1 fully saturated rings. The molecule has 1 saturated heterocycles. The Morgan fingerprint density at radius 3 is 2.65 bits per heavy atom. The third-order valence-corrected chi connectivity index (χ3v) is 7.20. The van der Waals surface area contributed by atoms with E-state index in [1.54, 1.807) is 24.7 Å². The van der Waals surface area contributed by atoms with E-state index in [1.807, 2.05) is 30.3 Å². The van der Waals surface area contributed by atoms with Gasteiger partial charge in [0.15, 0.2) is 5.69 Å². The number of carbonyl (C=O) groups excluding carboxylic acids is 1. The predicted molar refractivity (Wildman–Crippen MR) is 126 cm³/mol. The van der Waals surface area contributed by atoms with Crippen LogP contribution in [0.5, 0.6) is 0 Å². The Bertz CT molecular complexity index is 1450. The van der Waals surface area contributed by atoms with Crippen LogP contribution in [0.2, 0.25) is 5.02 Å². The quantitative estimate of drug-likeness (QED) is 0.419. The third kappa shape index (κ3) is 3.70. The Kier molecular flexibility index (Phi) is 5.74. The molecule has 3 heterocycles. The lowest BCUT2D eigenvalue weighted by molar-refractivity contribution is -0.116. The molecule has 0 spiro atoms. The maximum absolute atomic E-state index is 14.4. The van der Waals surface area contributed by atoms with E-state index in [4.69, 9.17) is 11.6 Å². The molecule has 0 bridgehead atoms. The van der Waals surface area contributed by atoms with Crippen LogP contribution in [0.4, 0.5) is 10.1 Å². The topological polar surface area (TPSA) is 90.8 Å². The van der Waals surface area contributed by atoms with Crippen LogP contribution in [0.1, 0.15) is 12.1 Å². The van der Waals surface area contributed by atoms with Gasteiger partial charge in [0.1, 0.15) is 5.82 Å². The Morgan fingerprint density at radius 2 is 1.91 bits per heavy atom. The maximum Gasteiger partial charge on any atom is 0.297 e. The molecule has 1 unspecified atom stereocenters. The van der Waals surface area contributed by atoms with Crippen molar-refractivity contribution in [2.24, 2.45) is 7.05 Å². The van der Waals surface area contributed by atoms with Crippen LogP contribution in [-0.2, 0) is 11.8 Å². The number of para-hydroxylation sites is 1. The van der Waals surface area contributed by atoms with Crippen LogP contribution >= 0.6 is 23.4 Å². The van der Waals surface area contributed by atoms with Crippen molar-refractivity contribution in [2.45, 2.75) is 23.8 Å². The third-order valence-electron chi connectivity index (χ3n) is 5.78. The summed E-state index contributed by atoms with van der Waals surface area (Å²) in [6.45, 7) is 2.15. The first-order valence-corrected chi connectivity index (χ1v) is 11.7. The number of thioether (sulfide) groups is 1. The van der Waals surface area contributed by atoms with Gasteiger partial charge < -0.3 is 4.90 Å². The fourth-order valence-corrected chi connectivity index (χ4v) is 5.20. The number of rotatable bonds is 5. The highest BCUT2D eigenvalue weighted by atomic mass is 35.5. The van der Waals surface area contributed by atoms with E-state index in [2.05, 4.69) is 15.5 Å². The molecule has 5 rings (SSSR count). The SMILES string of the molecule is Cc1c(-n2nnnc2SC2CCN(c3ccc(Cl)cc3F)C2=O)c(=O)n(-c2ccccc2)n1C. The summed E-state index contributed by atoms with van der Waals surface area (Å²) in [5.41, 5.74) is 1.55. The minimum Gasteiger partial charge on any atom is -0.309 e. The van der Waals surface area contributed by atoms with E-state index in [0.29, 0.717) is 35.2 Å². The molecule has 2 aromatic carbocycles. The van der Waals surface area contributed by atoms with Gasteiger partial charge in [0.05, 0.1) is 22.3 Å². The molecule has 0 N–H and O–H groups in total. The summed E-state index contributed by atoms with van der Waals surface area (Å²) in [5, 5.41) is 11.9. The average Bonchev–Trinajstić information content (AvgIpc) is 3.47. The first-order chi connectivity index (χ1) is 16.4. The summed E-state index contributed by atoms with van der Waals surface area (Å²) >= 11 is 6.99. The maximum atomic E-state index is 14.4. The number of carbonyl (C=O) groups is 1. The van der Waals surface area contributed by atoms with Crippen molar-refractivity contribution in [2.75, 3.05) is 11.4 Å². The number of anilines is 1. The van der Waals surface area contributed by atoms with Crippen molar-refractivity contribution in [3.8, 4) is 11.4 Å². The Morgan fingerprint density at radius 1 is 1.15 bits per heavy atom. The van der Waals surface area contributed by atoms with E-state index in [1.165, 1.54) is 26.4 Å².